The zero-order chi connectivity index (χ0) is 22.3. The molecule has 6 nitrogen and oxygen atoms in total. The third kappa shape index (κ3) is 4.81. The molecule has 0 bridgehead atoms. The molecule has 6 heteroatoms. The molecule has 1 amide bonds. The average Bonchev–Trinajstić information content (AvgIpc) is 3.24. The number of carbonyl (C=O) groups is 1. The lowest BCUT2D eigenvalue weighted by Crippen LogP contribution is -2.48. The van der Waals surface area contributed by atoms with Gasteiger partial charge in [-0.2, -0.15) is 0 Å². The highest BCUT2D eigenvalue weighted by Crippen LogP contribution is 2.23. The number of nitrogens with two attached hydrogens (primary N) is 1. The van der Waals surface area contributed by atoms with Crippen LogP contribution in [-0.4, -0.2) is 34.8 Å². The fourth-order valence-electron chi connectivity index (χ4n) is 4.26. The molecule has 4 rings (SSSR count). The topological polar surface area (TPSA) is 98.0 Å². The van der Waals surface area contributed by atoms with Crippen molar-refractivity contribution in [3.63, 3.8) is 0 Å². The van der Waals surface area contributed by atoms with E-state index in [0.29, 0.717) is 18.8 Å². The SMILES string of the molecule is N=C(CNC=O)N(Cc1cccc2ccccc12)C(N)CCCc1c[nH]c2ccccc12. The van der Waals surface area contributed by atoms with Gasteiger partial charge in [0.1, 0.15) is 5.84 Å². The number of H-pyrrole nitrogens is 1. The number of hydrogen-bond donors (Lipinski definition) is 4. The molecule has 4 aromatic rings. The van der Waals surface area contributed by atoms with Crippen LogP contribution in [0.25, 0.3) is 21.7 Å². The molecular formula is C26H29N5O. The Labute approximate surface area is 187 Å². The first-order valence-corrected chi connectivity index (χ1v) is 11.0. The Bertz CT molecular complexity index is 1210. The van der Waals surface area contributed by atoms with Crippen molar-refractivity contribution < 1.29 is 4.79 Å². The lowest BCUT2D eigenvalue weighted by atomic mass is 10.0. The molecule has 0 radical (unpaired) electrons. The summed E-state index contributed by atoms with van der Waals surface area (Å²) in [5.41, 5.74) is 10.1. The molecule has 3 aromatic carbocycles. The number of benzene rings is 3. The Hall–Kier alpha value is -3.64. The maximum Gasteiger partial charge on any atom is 0.207 e. The van der Waals surface area contributed by atoms with Gasteiger partial charge in [-0.25, -0.2) is 0 Å². The molecule has 1 atom stereocenters. The van der Waals surface area contributed by atoms with Gasteiger partial charge in [0.05, 0.1) is 12.7 Å². The summed E-state index contributed by atoms with van der Waals surface area (Å²) in [5, 5.41) is 14.7. The summed E-state index contributed by atoms with van der Waals surface area (Å²) in [6, 6.07) is 22.7. The van der Waals surface area contributed by atoms with Crippen molar-refractivity contribution in [2.45, 2.75) is 32.0 Å². The van der Waals surface area contributed by atoms with E-state index in [1.165, 1.54) is 10.9 Å². The minimum Gasteiger partial charge on any atom is -0.361 e. The van der Waals surface area contributed by atoms with Gasteiger partial charge in [-0.1, -0.05) is 60.7 Å². The Morgan fingerprint density at radius 2 is 1.78 bits per heavy atom. The van der Waals surface area contributed by atoms with Crippen LogP contribution in [0.15, 0.2) is 72.9 Å². The highest BCUT2D eigenvalue weighted by Gasteiger charge is 2.19. The van der Waals surface area contributed by atoms with Gasteiger partial charge < -0.3 is 20.9 Å². The van der Waals surface area contributed by atoms with Crippen LogP contribution >= 0.6 is 0 Å². The number of carbonyl (C=O) groups excluding carboxylic acids is 1. The summed E-state index contributed by atoms with van der Waals surface area (Å²) in [5.74, 6) is 0.310. The molecule has 1 unspecified atom stereocenters. The van der Waals surface area contributed by atoms with Gasteiger partial charge in [-0.3, -0.25) is 10.2 Å². The Morgan fingerprint density at radius 3 is 2.62 bits per heavy atom. The maximum absolute atomic E-state index is 10.8. The molecule has 0 saturated carbocycles. The van der Waals surface area contributed by atoms with E-state index >= 15 is 0 Å². The molecule has 164 valence electrons. The second-order valence-corrected chi connectivity index (χ2v) is 8.03. The highest BCUT2D eigenvalue weighted by molar-refractivity contribution is 5.87. The molecule has 0 fully saturated rings. The summed E-state index contributed by atoms with van der Waals surface area (Å²) in [6.07, 6.45) is 4.93. The number of fused-ring (bicyclic) bond motifs is 2. The summed E-state index contributed by atoms with van der Waals surface area (Å²) < 4.78 is 0. The first-order chi connectivity index (χ1) is 15.7. The second kappa shape index (κ2) is 10.1. The van der Waals surface area contributed by atoms with Crippen molar-refractivity contribution in [3.05, 3.63) is 84.1 Å². The van der Waals surface area contributed by atoms with Crippen LogP contribution in [-0.2, 0) is 17.8 Å². The zero-order valence-corrected chi connectivity index (χ0v) is 18.1. The van der Waals surface area contributed by atoms with Gasteiger partial charge in [-0.05, 0) is 47.2 Å². The largest absolute Gasteiger partial charge is 0.361 e. The lowest BCUT2D eigenvalue weighted by molar-refractivity contribution is -0.109. The second-order valence-electron chi connectivity index (χ2n) is 8.03. The van der Waals surface area contributed by atoms with E-state index < -0.39 is 0 Å². The average molecular weight is 428 g/mol. The van der Waals surface area contributed by atoms with Crippen LogP contribution in [0.3, 0.4) is 0 Å². The lowest BCUT2D eigenvalue weighted by Gasteiger charge is -2.32. The zero-order valence-electron chi connectivity index (χ0n) is 18.1. The van der Waals surface area contributed by atoms with Gasteiger partial charge in [-0.15, -0.1) is 0 Å². The normalized spacial score (nSPS) is 12.0. The number of amides is 1. The number of nitrogens with zero attached hydrogens (tertiary/aromatic N) is 1. The molecule has 0 aliphatic heterocycles. The van der Waals surface area contributed by atoms with E-state index in [1.54, 1.807) is 0 Å². The van der Waals surface area contributed by atoms with Gasteiger partial charge in [0, 0.05) is 23.6 Å². The van der Waals surface area contributed by atoms with Crippen molar-refractivity contribution in [2.24, 2.45) is 5.73 Å². The Kier molecular flexibility index (Phi) is 6.82. The number of aromatic amines is 1. The molecule has 0 aliphatic carbocycles. The smallest absolute Gasteiger partial charge is 0.207 e. The van der Waals surface area contributed by atoms with Crippen molar-refractivity contribution in [3.8, 4) is 0 Å². The highest BCUT2D eigenvalue weighted by atomic mass is 16.1. The monoisotopic (exact) mass is 427 g/mol. The fraction of sp³-hybridized carbons (Fsp3) is 0.231. The van der Waals surface area contributed by atoms with Crippen LogP contribution < -0.4 is 11.1 Å². The standard InChI is InChI=1S/C26H29N5O/c27-25(14-6-9-20-15-30-24-13-4-3-12-23(20)24)31(26(28)16-29-18-32)17-21-10-5-8-19-7-1-2-11-22(19)21/h1-5,7-8,10-13,15,18,25,28,30H,6,9,14,16-17,27H2,(H,29,32). The molecule has 1 aromatic heterocycles. The Morgan fingerprint density at radius 1 is 1.03 bits per heavy atom. The van der Waals surface area contributed by atoms with Crippen LogP contribution in [0.2, 0.25) is 0 Å². The van der Waals surface area contributed by atoms with E-state index in [0.717, 1.165) is 41.1 Å². The van der Waals surface area contributed by atoms with Crippen LogP contribution in [0.5, 0.6) is 0 Å². The molecule has 5 N–H and O–H groups in total. The number of amidine groups is 1. The van der Waals surface area contributed by atoms with E-state index in [4.69, 9.17) is 11.1 Å². The fourth-order valence-corrected chi connectivity index (χ4v) is 4.26. The van der Waals surface area contributed by atoms with Crippen molar-refractivity contribution in [1.29, 1.82) is 5.41 Å². The first-order valence-electron chi connectivity index (χ1n) is 11.0. The van der Waals surface area contributed by atoms with Gasteiger partial charge in [0.25, 0.3) is 0 Å². The third-order valence-electron chi connectivity index (χ3n) is 5.94. The predicted molar refractivity (Wildman–Crippen MR) is 130 cm³/mol. The number of para-hydroxylation sites is 1. The van der Waals surface area contributed by atoms with E-state index in [1.807, 2.05) is 29.2 Å². The molecule has 32 heavy (non-hydrogen) atoms. The van der Waals surface area contributed by atoms with Gasteiger partial charge >= 0.3 is 0 Å². The summed E-state index contributed by atoms with van der Waals surface area (Å²) in [4.78, 5) is 16.0. The number of hydrogen-bond acceptors (Lipinski definition) is 3. The van der Waals surface area contributed by atoms with Crippen LogP contribution in [0.1, 0.15) is 24.0 Å². The summed E-state index contributed by atoms with van der Waals surface area (Å²) >= 11 is 0. The van der Waals surface area contributed by atoms with Gasteiger partial charge in [0.15, 0.2) is 0 Å². The number of nitrogens with one attached hydrogen (secondary N) is 3. The maximum atomic E-state index is 10.8. The van der Waals surface area contributed by atoms with Crippen LogP contribution in [0.4, 0.5) is 0 Å². The molecule has 1 heterocycles. The molecule has 0 spiro atoms. The Balaban J connectivity index is 1.47. The summed E-state index contributed by atoms with van der Waals surface area (Å²) in [7, 11) is 0. The van der Waals surface area contributed by atoms with Crippen molar-refractivity contribution in [2.75, 3.05) is 6.54 Å². The van der Waals surface area contributed by atoms with Crippen LogP contribution in [0, 0.1) is 5.41 Å². The number of rotatable bonds is 10. The number of aromatic nitrogens is 1. The minimum absolute atomic E-state index is 0.157. The molecule has 0 saturated heterocycles. The van der Waals surface area contributed by atoms with Gasteiger partial charge in [0.2, 0.25) is 6.41 Å². The predicted octanol–water partition coefficient (Wildman–Crippen LogP) is 4.15. The molecule has 0 aliphatic rings. The minimum atomic E-state index is -0.319. The van der Waals surface area contributed by atoms with Crippen molar-refractivity contribution >= 4 is 33.9 Å². The quantitative estimate of drug-likeness (QED) is 0.132. The summed E-state index contributed by atoms with van der Waals surface area (Å²) in [6.45, 7) is 0.680. The third-order valence-corrected chi connectivity index (χ3v) is 5.94. The van der Waals surface area contributed by atoms with E-state index in [9.17, 15) is 4.79 Å². The van der Waals surface area contributed by atoms with E-state index in [2.05, 4.69) is 59.0 Å². The first kappa shape index (κ1) is 21.6. The van der Waals surface area contributed by atoms with E-state index in [-0.39, 0.29) is 12.7 Å². The van der Waals surface area contributed by atoms with Crippen molar-refractivity contribution in [1.82, 2.24) is 15.2 Å². The number of aryl methyl sites for hydroxylation is 1. The molecular weight excluding hydrogens is 398 g/mol.